The Labute approximate surface area is 103 Å². The second kappa shape index (κ2) is 7.07. The highest BCUT2D eigenvalue weighted by Gasteiger charge is 2.08. The largest absolute Gasteiger partial charge is 0.396 e. The average molecular weight is 235 g/mol. The van der Waals surface area contributed by atoms with Crippen molar-refractivity contribution >= 4 is 5.91 Å². The van der Waals surface area contributed by atoms with E-state index in [2.05, 4.69) is 31.2 Å². The van der Waals surface area contributed by atoms with Crippen LogP contribution in [0.3, 0.4) is 0 Å². The highest BCUT2D eigenvalue weighted by molar-refractivity contribution is 5.75. The zero-order valence-electron chi connectivity index (χ0n) is 10.6. The first-order valence-electron chi connectivity index (χ1n) is 6.10. The Morgan fingerprint density at radius 1 is 1.24 bits per heavy atom. The number of hydrogen-bond donors (Lipinski definition) is 1. The summed E-state index contributed by atoms with van der Waals surface area (Å²) in [4.78, 5) is 13.3. The molecule has 0 fully saturated rings. The summed E-state index contributed by atoms with van der Waals surface area (Å²) >= 11 is 0. The number of carbonyl (C=O) groups is 1. The van der Waals surface area contributed by atoms with Gasteiger partial charge in [0, 0.05) is 26.6 Å². The molecule has 17 heavy (non-hydrogen) atoms. The van der Waals surface area contributed by atoms with Crippen LogP contribution in [0.4, 0.5) is 0 Å². The predicted octanol–water partition coefficient (Wildman–Crippen LogP) is 1.98. The van der Waals surface area contributed by atoms with E-state index >= 15 is 0 Å². The lowest BCUT2D eigenvalue weighted by molar-refractivity contribution is -0.130. The van der Waals surface area contributed by atoms with Gasteiger partial charge in [0.15, 0.2) is 0 Å². The number of aliphatic hydroxyl groups is 1. The van der Waals surface area contributed by atoms with Gasteiger partial charge in [-0.05, 0) is 24.0 Å². The van der Waals surface area contributed by atoms with Crippen LogP contribution in [0.2, 0.25) is 0 Å². The Morgan fingerprint density at radius 2 is 1.82 bits per heavy atom. The first-order valence-corrected chi connectivity index (χ1v) is 6.10. The van der Waals surface area contributed by atoms with Crippen LogP contribution in [-0.4, -0.2) is 29.6 Å². The predicted molar refractivity (Wildman–Crippen MR) is 68.6 cm³/mol. The van der Waals surface area contributed by atoms with Crippen molar-refractivity contribution in [3.05, 3.63) is 35.4 Å². The fourth-order valence-corrected chi connectivity index (χ4v) is 1.66. The summed E-state index contributed by atoms with van der Waals surface area (Å²) in [6.07, 6.45) is 1.99. The van der Waals surface area contributed by atoms with E-state index in [0.29, 0.717) is 19.4 Å². The van der Waals surface area contributed by atoms with E-state index in [-0.39, 0.29) is 12.5 Å². The Bertz CT molecular complexity index is 346. The van der Waals surface area contributed by atoms with Crippen LogP contribution in [0.25, 0.3) is 0 Å². The molecule has 1 rings (SSSR count). The van der Waals surface area contributed by atoms with E-state index in [4.69, 9.17) is 5.11 Å². The lowest BCUT2D eigenvalue weighted by Crippen LogP contribution is -2.26. The number of benzene rings is 1. The summed E-state index contributed by atoms with van der Waals surface area (Å²) < 4.78 is 0. The summed E-state index contributed by atoms with van der Waals surface area (Å²) in [7, 11) is 1.80. The molecule has 0 atom stereocenters. The SMILES string of the molecule is CCc1ccc(CN(C)C(=O)CCCO)cc1. The Kier molecular flexibility index (Phi) is 5.70. The summed E-state index contributed by atoms with van der Waals surface area (Å²) in [5, 5.41) is 8.67. The summed E-state index contributed by atoms with van der Waals surface area (Å²) in [6, 6.07) is 8.33. The molecule has 0 saturated carbocycles. The van der Waals surface area contributed by atoms with E-state index in [1.165, 1.54) is 5.56 Å². The molecule has 3 heteroatoms. The molecule has 0 bridgehead atoms. The third-order valence-electron chi connectivity index (χ3n) is 2.83. The van der Waals surface area contributed by atoms with Gasteiger partial charge in [0.25, 0.3) is 0 Å². The van der Waals surface area contributed by atoms with Gasteiger partial charge in [-0.3, -0.25) is 4.79 Å². The maximum Gasteiger partial charge on any atom is 0.222 e. The van der Waals surface area contributed by atoms with Crippen LogP contribution >= 0.6 is 0 Å². The summed E-state index contributed by atoms with van der Waals surface area (Å²) in [5.41, 5.74) is 2.45. The quantitative estimate of drug-likeness (QED) is 0.819. The normalized spacial score (nSPS) is 10.3. The maximum atomic E-state index is 11.6. The Balaban J connectivity index is 2.49. The van der Waals surface area contributed by atoms with Gasteiger partial charge in [-0.1, -0.05) is 31.2 Å². The lowest BCUT2D eigenvalue weighted by atomic mass is 10.1. The van der Waals surface area contributed by atoms with Crippen LogP contribution in [0, 0.1) is 0 Å². The number of nitrogens with zero attached hydrogens (tertiary/aromatic N) is 1. The van der Waals surface area contributed by atoms with Crippen LogP contribution in [0.5, 0.6) is 0 Å². The summed E-state index contributed by atoms with van der Waals surface area (Å²) in [5.74, 6) is 0.0821. The van der Waals surface area contributed by atoms with Crippen molar-refractivity contribution in [3.8, 4) is 0 Å². The Hall–Kier alpha value is -1.35. The van der Waals surface area contributed by atoms with Gasteiger partial charge in [0.05, 0.1) is 0 Å². The molecule has 0 aliphatic carbocycles. The first kappa shape index (κ1) is 13.7. The molecule has 0 aromatic heterocycles. The number of carbonyl (C=O) groups excluding carboxylic acids is 1. The zero-order valence-corrected chi connectivity index (χ0v) is 10.6. The molecule has 1 N–H and O–H groups in total. The Morgan fingerprint density at radius 3 is 2.35 bits per heavy atom. The monoisotopic (exact) mass is 235 g/mol. The average Bonchev–Trinajstić information content (AvgIpc) is 2.36. The molecule has 0 saturated heterocycles. The van der Waals surface area contributed by atoms with Gasteiger partial charge in [-0.15, -0.1) is 0 Å². The van der Waals surface area contributed by atoms with Crippen molar-refractivity contribution in [2.45, 2.75) is 32.7 Å². The fourth-order valence-electron chi connectivity index (χ4n) is 1.66. The second-order valence-electron chi connectivity index (χ2n) is 4.25. The van der Waals surface area contributed by atoms with Gasteiger partial charge in [0.2, 0.25) is 5.91 Å². The molecule has 0 unspecified atom stereocenters. The highest BCUT2D eigenvalue weighted by Crippen LogP contribution is 2.08. The number of rotatable bonds is 6. The maximum absolute atomic E-state index is 11.6. The molecule has 0 radical (unpaired) electrons. The molecule has 0 aliphatic rings. The minimum absolute atomic E-state index is 0.0742. The van der Waals surface area contributed by atoms with Gasteiger partial charge in [0.1, 0.15) is 0 Å². The third-order valence-corrected chi connectivity index (χ3v) is 2.83. The number of amides is 1. The van der Waals surface area contributed by atoms with Gasteiger partial charge >= 0.3 is 0 Å². The van der Waals surface area contributed by atoms with Crippen molar-refractivity contribution in [3.63, 3.8) is 0 Å². The number of hydrogen-bond acceptors (Lipinski definition) is 2. The number of aryl methyl sites for hydroxylation is 1. The highest BCUT2D eigenvalue weighted by atomic mass is 16.3. The van der Waals surface area contributed by atoms with E-state index in [0.717, 1.165) is 12.0 Å². The molecule has 0 aliphatic heterocycles. The molecule has 94 valence electrons. The van der Waals surface area contributed by atoms with Gasteiger partial charge in [-0.25, -0.2) is 0 Å². The standard InChI is InChI=1S/C14H21NO2/c1-3-12-6-8-13(9-7-12)11-15(2)14(17)5-4-10-16/h6-9,16H,3-5,10-11H2,1-2H3. The topological polar surface area (TPSA) is 40.5 Å². The summed E-state index contributed by atoms with van der Waals surface area (Å²) in [6.45, 7) is 2.83. The van der Waals surface area contributed by atoms with E-state index < -0.39 is 0 Å². The van der Waals surface area contributed by atoms with Crippen molar-refractivity contribution in [2.24, 2.45) is 0 Å². The van der Waals surface area contributed by atoms with E-state index in [9.17, 15) is 4.79 Å². The minimum Gasteiger partial charge on any atom is -0.396 e. The molecule has 1 amide bonds. The molecule has 3 nitrogen and oxygen atoms in total. The first-order chi connectivity index (χ1) is 8.17. The number of aliphatic hydroxyl groups excluding tert-OH is 1. The van der Waals surface area contributed by atoms with Gasteiger partial charge < -0.3 is 10.0 Å². The molecular formula is C14H21NO2. The molecule has 0 spiro atoms. The van der Waals surface area contributed by atoms with Crippen LogP contribution < -0.4 is 0 Å². The van der Waals surface area contributed by atoms with Crippen LogP contribution in [0.15, 0.2) is 24.3 Å². The van der Waals surface area contributed by atoms with Crippen LogP contribution in [-0.2, 0) is 17.8 Å². The minimum atomic E-state index is 0.0742. The molecule has 1 aromatic carbocycles. The molecule has 0 heterocycles. The molecule has 1 aromatic rings. The molecular weight excluding hydrogens is 214 g/mol. The van der Waals surface area contributed by atoms with Crippen LogP contribution in [0.1, 0.15) is 30.9 Å². The zero-order chi connectivity index (χ0) is 12.7. The van der Waals surface area contributed by atoms with E-state index in [1.54, 1.807) is 11.9 Å². The second-order valence-corrected chi connectivity index (χ2v) is 4.25. The van der Waals surface area contributed by atoms with Crippen molar-refractivity contribution < 1.29 is 9.90 Å². The third kappa shape index (κ3) is 4.57. The van der Waals surface area contributed by atoms with E-state index in [1.807, 2.05) is 0 Å². The van der Waals surface area contributed by atoms with Crippen molar-refractivity contribution in [2.75, 3.05) is 13.7 Å². The smallest absolute Gasteiger partial charge is 0.222 e. The van der Waals surface area contributed by atoms with Crippen molar-refractivity contribution in [1.82, 2.24) is 4.90 Å². The van der Waals surface area contributed by atoms with Crippen molar-refractivity contribution in [1.29, 1.82) is 0 Å². The fraction of sp³-hybridized carbons (Fsp3) is 0.500. The van der Waals surface area contributed by atoms with Gasteiger partial charge in [-0.2, -0.15) is 0 Å². The lowest BCUT2D eigenvalue weighted by Gasteiger charge is -2.17.